The average molecular weight is 459 g/mol. The molecule has 0 aromatic rings. The van der Waals surface area contributed by atoms with E-state index < -0.39 is 17.0 Å². The normalized spacial score (nSPS) is 39.6. The molecule has 0 saturated heterocycles. The highest BCUT2D eigenvalue weighted by Crippen LogP contribution is 2.68. The second-order valence-corrected chi connectivity index (χ2v) is 11.1. The van der Waals surface area contributed by atoms with Crippen LogP contribution in [0.3, 0.4) is 0 Å². The summed E-state index contributed by atoms with van der Waals surface area (Å²) in [7, 11) is 0. The molecular weight excluding hydrogens is 420 g/mol. The van der Waals surface area contributed by atoms with Crippen molar-refractivity contribution in [2.75, 3.05) is 6.61 Å². The van der Waals surface area contributed by atoms with Crippen LogP contribution in [0.5, 0.6) is 0 Å². The summed E-state index contributed by atoms with van der Waals surface area (Å²) in [6, 6.07) is 0. The van der Waals surface area contributed by atoms with Crippen molar-refractivity contribution in [3.8, 4) is 0 Å². The molecule has 0 aliphatic heterocycles. The SMILES string of the molecule is CCC(=O)OCC(=O)[C@@]1(OC(=O)CC)CC[C@H]2C3CCC4=CC(=O)CCC4(C)[C@H]3CCC21C. The fraction of sp³-hybridized carbons (Fsp3) is 0.778. The Hall–Kier alpha value is -1.98. The molecule has 6 atom stereocenters. The summed E-state index contributed by atoms with van der Waals surface area (Å²) in [6.45, 7) is 7.55. The highest BCUT2D eigenvalue weighted by atomic mass is 16.6. The molecule has 0 aromatic heterocycles. The summed E-state index contributed by atoms with van der Waals surface area (Å²) in [6.07, 6.45) is 8.84. The Kier molecular flexibility index (Phi) is 6.34. The number of rotatable bonds is 6. The molecule has 0 radical (unpaired) electrons. The molecule has 33 heavy (non-hydrogen) atoms. The van der Waals surface area contributed by atoms with Gasteiger partial charge in [-0.1, -0.05) is 33.3 Å². The molecule has 0 N–H and O–H groups in total. The lowest BCUT2D eigenvalue weighted by molar-refractivity contribution is -0.192. The first-order valence-electron chi connectivity index (χ1n) is 12.8. The Morgan fingerprint density at radius 1 is 0.939 bits per heavy atom. The number of Topliss-reactive ketones (excluding diaryl/α,β-unsaturated/α-hetero) is 1. The first-order chi connectivity index (χ1) is 15.6. The third kappa shape index (κ3) is 3.68. The van der Waals surface area contributed by atoms with E-state index in [0.29, 0.717) is 24.7 Å². The van der Waals surface area contributed by atoms with E-state index in [4.69, 9.17) is 9.47 Å². The number of esters is 2. The van der Waals surface area contributed by atoms with Crippen molar-refractivity contribution < 1.29 is 28.7 Å². The fourth-order valence-corrected chi connectivity index (χ4v) is 7.87. The van der Waals surface area contributed by atoms with Gasteiger partial charge in [-0.3, -0.25) is 19.2 Å². The molecule has 0 spiro atoms. The molecule has 3 fully saturated rings. The van der Waals surface area contributed by atoms with Gasteiger partial charge in [-0.05, 0) is 74.2 Å². The van der Waals surface area contributed by atoms with Crippen molar-refractivity contribution in [2.45, 2.75) is 97.5 Å². The van der Waals surface area contributed by atoms with Crippen LogP contribution in [0.1, 0.15) is 91.9 Å². The van der Waals surface area contributed by atoms with E-state index in [-0.39, 0.29) is 48.3 Å². The van der Waals surface area contributed by atoms with Gasteiger partial charge in [0.25, 0.3) is 0 Å². The number of ketones is 2. The highest BCUT2D eigenvalue weighted by molar-refractivity contribution is 5.93. The monoisotopic (exact) mass is 458 g/mol. The second kappa shape index (κ2) is 8.66. The van der Waals surface area contributed by atoms with Crippen LogP contribution in [-0.4, -0.2) is 35.7 Å². The molecule has 3 saturated carbocycles. The Bertz CT molecular complexity index is 889. The number of hydrogen-bond acceptors (Lipinski definition) is 6. The van der Waals surface area contributed by atoms with Crippen molar-refractivity contribution in [2.24, 2.45) is 28.6 Å². The Morgan fingerprint density at radius 3 is 2.33 bits per heavy atom. The van der Waals surface area contributed by atoms with E-state index in [2.05, 4.69) is 13.8 Å². The summed E-state index contributed by atoms with van der Waals surface area (Å²) in [5, 5.41) is 0. The van der Waals surface area contributed by atoms with E-state index in [0.717, 1.165) is 38.5 Å². The van der Waals surface area contributed by atoms with Crippen molar-refractivity contribution >= 4 is 23.5 Å². The smallest absolute Gasteiger partial charge is 0.306 e. The quantitative estimate of drug-likeness (QED) is 0.535. The maximum absolute atomic E-state index is 13.6. The number of fused-ring (bicyclic) bond motifs is 5. The minimum absolute atomic E-state index is 0.0458. The van der Waals surface area contributed by atoms with Crippen LogP contribution in [0, 0.1) is 28.6 Å². The standard InChI is InChI=1S/C27H38O6/c1-5-23(30)32-16-22(29)27(33-24(31)6-2)14-11-21-19-8-7-17-15-18(28)9-12-25(17,3)20(19)10-13-26(21,27)4/h15,19-21H,5-14,16H2,1-4H3/t19?,20-,21-,25?,26?,27-/m0/s1. The molecule has 0 amide bonds. The van der Waals surface area contributed by atoms with Crippen molar-refractivity contribution in [1.29, 1.82) is 0 Å². The summed E-state index contributed by atoms with van der Waals surface area (Å²) in [5.74, 6) is 0.362. The van der Waals surface area contributed by atoms with Crippen molar-refractivity contribution in [1.82, 2.24) is 0 Å². The van der Waals surface area contributed by atoms with E-state index in [1.54, 1.807) is 13.8 Å². The van der Waals surface area contributed by atoms with E-state index >= 15 is 0 Å². The Balaban J connectivity index is 1.65. The zero-order valence-corrected chi connectivity index (χ0v) is 20.5. The van der Waals surface area contributed by atoms with Gasteiger partial charge >= 0.3 is 11.9 Å². The predicted molar refractivity (Wildman–Crippen MR) is 122 cm³/mol. The van der Waals surface area contributed by atoms with E-state index in [1.807, 2.05) is 6.08 Å². The molecule has 0 bridgehead atoms. The lowest BCUT2D eigenvalue weighted by atomic mass is 9.46. The van der Waals surface area contributed by atoms with Crippen LogP contribution in [0.15, 0.2) is 11.6 Å². The lowest BCUT2D eigenvalue weighted by Crippen LogP contribution is -2.60. The summed E-state index contributed by atoms with van der Waals surface area (Å²) < 4.78 is 11.3. The van der Waals surface area contributed by atoms with Crippen molar-refractivity contribution in [3.63, 3.8) is 0 Å². The summed E-state index contributed by atoms with van der Waals surface area (Å²) >= 11 is 0. The van der Waals surface area contributed by atoms with Crippen LogP contribution in [0.2, 0.25) is 0 Å². The zero-order valence-electron chi connectivity index (χ0n) is 20.5. The summed E-state index contributed by atoms with van der Waals surface area (Å²) in [5.41, 5.74) is -0.350. The zero-order chi connectivity index (χ0) is 24.0. The number of ether oxygens (including phenoxy) is 2. The van der Waals surface area contributed by atoms with Gasteiger partial charge in [0.05, 0.1) is 0 Å². The van der Waals surface area contributed by atoms with Crippen LogP contribution < -0.4 is 0 Å². The number of hydrogen-bond donors (Lipinski definition) is 0. The molecule has 4 aliphatic carbocycles. The number of carbonyl (C=O) groups excluding carboxylic acids is 4. The van der Waals surface area contributed by atoms with E-state index in [9.17, 15) is 19.2 Å². The van der Waals surface area contributed by atoms with Gasteiger partial charge in [0, 0.05) is 24.7 Å². The summed E-state index contributed by atoms with van der Waals surface area (Å²) in [4.78, 5) is 49.9. The molecule has 6 heteroatoms. The third-order valence-corrected chi connectivity index (χ3v) is 9.76. The lowest BCUT2D eigenvalue weighted by Gasteiger charge is -2.59. The first kappa shape index (κ1) is 24.2. The van der Waals surface area contributed by atoms with Gasteiger partial charge in [-0.15, -0.1) is 0 Å². The molecule has 3 unspecified atom stereocenters. The van der Waals surface area contributed by atoms with Gasteiger partial charge in [0.2, 0.25) is 5.78 Å². The van der Waals surface area contributed by atoms with Gasteiger partial charge in [-0.2, -0.15) is 0 Å². The molecule has 4 aliphatic rings. The fourth-order valence-electron chi connectivity index (χ4n) is 7.87. The molecular formula is C27H38O6. The third-order valence-electron chi connectivity index (χ3n) is 9.76. The largest absolute Gasteiger partial charge is 0.457 e. The van der Waals surface area contributed by atoms with Gasteiger partial charge in [-0.25, -0.2) is 0 Å². The van der Waals surface area contributed by atoms with Gasteiger partial charge in [0.1, 0.15) is 0 Å². The Morgan fingerprint density at radius 2 is 1.64 bits per heavy atom. The van der Waals surface area contributed by atoms with Crippen LogP contribution in [0.4, 0.5) is 0 Å². The first-order valence-corrected chi connectivity index (χ1v) is 12.8. The predicted octanol–water partition coefficient (Wildman–Crippen LogP) is 4.73. The minimum atomic E-state index is -1.23. The molecule has 0 aromatic carbocycles. The van der Waals surface area contributed by atoms with Crippen LogP contribution >= 0.6 is 0 Å². The number of carbonyl (C=O) groups is 4. The average Bonchev–Trinajstić information content (AvgIpc) is 3.10. The maximum Gasteiger partial charge on any atom is 0.306 e. The molecule has 6 nitrogen and oxygen atoms in total. The topological polar surface area (TPSA) is 86.7 Å². The maximum atomic E-state index is 13.6. The number of allylic oxidation sites excluding steroid dienone is 1. The molecule has 4 rings (SSSR count). The van der Waals surface area contributed by atoms with E-state index in [1.165, 1.54) is 5.57 Å². The minimum Gasteiger partial charge on any atom is -0.457 e. The van der Waals surface area contributed by atoms with Crippen molar-refractivity contribution in [3.05, 3.63) is 11.6 Å². The van der Waals surface area contributed by atoms with Crippen LogP contribution in [0.25, 0.3) is 0 Å². The van der Waals surface area contributed by atoms with Gasteiger partial charge < -0.3 is 9.47 Å². The Labute approximate surface area is 196 Å². The second-order valence-electron chi connectivity index (χ2n) is 11.1. The molecule has 182 valence electrons. The molecule has 0 heterocycles. The highest BCUT2D eigenvalue weighted by Gasteiger charge is 2.68. The van der Waals surface area contributed by atoms with Gasteiger partial charge in [0.15, 0.2) is 18.0 Å². The van der Waals surface area contributed by atoms with Crippen LogP contribution in [-0.2, 0) is 28.7 Å².